The molecule has 3 unspecified atom stereocenters. The Labute approximate surface area is 384 Å². The number of rotatable bonds is 47. The van der Waals surface area contributed by atoms with Gasteiger partial charge >= 0.3 is 7.82 Å². The van der Waals surface area contributed by atoms with Gasteiger partial charge in [-0.25, -0.2) is 4.57 Å². The fourth-order valence-corrected chi connectivity index (χ4v) is 8.24. The van der Waals surface area contributed by atoms with Gasteiger partial charge in [0.25, 0.3) is 0 Å². The fourth-order valence-electron chi connectivity index (χ4n) is 7.51. The number of hydrogen-bond donors (Lipinski definition) is 3. The summed E-state index contributed by atoms with van der Waals surface area (Å²) in [6.07, 6.45) is 57.2. The van der Waals surface area contributed by atoms with Crippen LogP contribution in [0.4, 0.5) is 0 Å². The number of carbonyl (C=O) groups is 1. The van der Waals surface area contributed by atoms with Crippen LogP contribution in [0.5, 0.6) is 0 Å². The number of hydrogen-bond acceptors (Lipinski definition) is 5. The SMILES string of the molecule is CC/C=C\C/C=C\C/C=C\C/C=C\CCCCCCCCCCCCCCC(=O)NC(COP(=O)(O)OCC[N+](C)(C)C)C(O)CCCCCCCCCCCCCCCCC. The van der Waals surface area contributed by atoms with Crippen LogP contribution in [-0.4, -0.2) is 73.4 Å². The van der Waals surface area contributed by atoms with Crippen LogP contribution in [0.3, 0.4) is 0 Å². The average molecular weight is 894 g/mol. The van der Waals surface area contributed by atoms with Crippen LogP contribution in [0.25, 0.3) is 0 Å². The van der Waals surface area contributed by atoms with Gasteiger partial charge in [0.2, 0.25) is 5.91 Å². The lowest BCUT2D eigenvalue weighted by Crippen LogP contribution is -2.46. The van der Waals surface area contributed by atoms with Crippen molar-refractivity contribution in [2.75, 3.05) is 40.9 Å². The number of quaternary nitrogens is 1. The van der Waals surface area contributed by atoms with Crippen molar-refractivity contribution in [3.63, 3.8) is 0 Å². The summed E-state index contributed by atoms with van der Waals surface area (Å²) < 4.78 is 23.7. The summed E-state index contributed by atoms with van der Waals surface area (Å²) >= 11 is 0. The number of allylic oxidation sites excluding steroid dienone is 8. The Kier molecular flexibility index (Phi) is 43.5. The molecule has 0 radical (unpaired) electrons. The Hall–Kier alpha value is -1.54. The molecule has 0 saturated heterocycles. The van der Waals surface area contributed by atoms with Crippen LogP contribution < -0.4 is 5.32 Å². The molecule has 0 aliphatic carbocycles. The normalized spacial score (nSPS) is 14.5. The summed E-state index contributed by atoms with van der Waals surface area (Å²) in [4.78, 5) is 23.3. The number of phosphoric ester groups is 1. The van der Waals surface area contributed by atoms with Gasteiger partial charge in [0.05, 0.1) is 39.9 Å². The Balaban J connectivity index is 4.20. The molecule has 0 bridgehead atoms. The lowest BCUT2D eigenvalue weighted by atomic mass is 10.0. The van der Waals surface area contributed by atoms with Gasteiger partial charge in [-0.1, -0.05) is 223 Å². The van der Waals surface area contributed by atoms with E-state index in [9.17, 15) is 19.4 Å². The van der Waals surface area contributed by atoms with Crippen molar-refractivity contribution in [2.45, 2.75) is 244 Å². The number of nitrogens with zero attached hydrogens (tertiary/aromatic N) is 1. The molecule has 3 atom stereocenters. The third kappa shape index (κ3) is 46.5. The van der Waals surface area contributed by atoms with E-state index in [1.807, 2.05) is 21.1 Å². The summed E-state index contributed by atoms with van der Waals surface area (Å²) in [5.41, 5.74) is 0. The zero-order valence-corrected chi connectivity index (χ0v) is 42.3. The molecular weight excluding hydrogens is 792 g/mol. The van der Waals surface area contributed by atoms with Crippen molar-refractivity contribution in [3.8, 4) is 0 Å². The smallest absolute Gasteiger partial charge is 0.391 e. The van der Waals surface area contributed by atoms with Gasteiger partial charge in [-0.2, -0.15) is 0 Å². The molecular formula is C53H102N2O6P+. The van der Waals surface area contributed by atoms with Gasteiger partial charge in [-0.15, -0.1) is 0 Å². The van der Waals surface area contributed by atoms with Crippen molar-refractivity contribution in [2.24, 2.45) is 0 Å². The first-order valence-electron chi connectivity index (χ1n) is 26.0. The van der Waals surface area contributed by atoms with E-state index in [-0.39, 0.29) is 19.1 Å². The lowest BCUT2D eigenvalue weighted by Gasteiger charge is -2.26. The molecule has 9 heteroatoms. The summed E-state index contributed by atoms with van der Waals surface area (Å²) in [7, 11) is 1.61. The molecule has 3 N–H and O–H groups in total. The topological polar surface area (TPSA) is 105 Å². The average Bonchev–Trinajstić information content (AvgIpc) is 3.23. The molecule has 0 heterocycles. The number of amides is 1. The van der Waals surface area contributed by atoms with Crippen LogP contribution in [0.1, 0.15) is 232 Å². The molecule has 0 fully saturated rings. The number of nitrogens with one attached hydrogen (secondary N) is 1. The van der Waals surface area contributed by atoms with Gasteiger partial charge in [0.1, 0.15) is 13.2 Å². The summed E-state index contributed by atoms with van der Waals surface area (Å²) in [5, 5.41) is 14.0. The van der Waals surface area contributed by atoms with E-state index in [0.717, 1.165) is 64.2 Å². The minimum atomic E-state index is -4.32. The molecule has 0 aromatic rings. The van der Waals surface area contributed by atoms with E-state index in [1.165, 1.54) is 141 Å². The van der Waals surface area contributed by atoms with E-state index >= 15 is 0 Å². The second-order valence-electron chi connectivity index (χ2n) is 18.9. The maximum atomic E-state index is 13.0. The Bertz CT molecular complexity index is 1150. The highest BCUT2D eigenvalue weighted by Gasteiger charge is 2.28. The predicted octanol–water partition coefficient (Wildman–Crippen LogP) is 15.2. The van der Waals surface area contributed by atoms with Crippen LogP contribution in [-0.2, 0) is 18.4 Å². The van der Waals surface area contributed by atoms with Crippen LogP contribution in [0.2, 0.25) is 0 Å². The quantitative estimate of drug-likeness (QED) is 0.0243. The molecule has 0 aliphatic rings. The Morgan fingerprint density at radius 1 is 0.565 bits per heavy atom. The van der Waals surface area contributed by atoms with E-state index in [2.05, 4.69) is 67.8 Å². The summed E-state index contributed by atoms with van der Waals surface area (Å²) in [6, 6.07) is -0.762. The largest absolute Gasteiger partial charge is 0.472 e. The van der Waals surface area contributed by atoms with Crippen LogP contribution in [0, 0.1) is 0 Å². The Morgan fingerprint density at radius 3 is 1.42 bits per heavy atom. The molecule has 0 aromatic carbocycles. The molecule has 1 amide bonds. The monoisotopic (exact) mass is 894 g/mol. The lowest BCUT2D eigenvalue weighted by molar-refractivity contribution is -0.870. The van der Waals surface area contributed by atoms with Gasteiger partial charge in [0, 0.05) is 6.42 Å². The maximum Gasteiger partial charge on any atom is 0.472 e. The van der Waals surface area contributed by atoms with E-state index in [1.54, 1.807) is 0 Å². The highest BCUT2D eigenvalue weighted by molar-refractivity contribution is 7.47. The van der Waals surface area contributed by atoms with Crippen LogP contribution in [0.15, 0.2) is 48.6 Å². The second kappa shape index (κ2) is 44.7. The zero-order chi connectivity index (χ0) is 45.7. The molecule has 0 aromatic heterocycles. The van der Waals surface area contributed by atoms with Crippen molar-refractivity contribution in [1.29, 1.82) is 0 Å². The summed E-state index contributed by atoms with van der Waals surface area (Å²) in [6.45, 7) is 4.79. The number of likely N-dealkylation sites (N-methyl/N-ethyl adjacent to an activating group) is 1. The Morgan fingerprint density at radius 2 is 0.968 bits per heavy atom. The molecule has 8 nitrogen and oxygen atoms in total. The molecule has 0 saturated carbocycles. The van der Waals surface area contributed by atoms with E-state index < -0.39 is 20.0 Å². The van der Waals surface area contributed by atoms with Gasteiger partial charge < -0.3 is 19.8 Å². The van der Waals surface area contributed by atoms with Crippen LogP contribution >= 0.6 is 7.82 Å². The number of carbonyl (C=O) groups excluding carboxylic acids is 1. The standard InChI is InChI=1S/C53H101N2O6P/c1-6-8-10-12-14-16-18-20-22-23-24-25-26-27-28-29-30-31-33-35-37-39-41-43-45-47-53(57)54-51(50-61-62(58,59)60-49-48-55(3,4)5)52(56)46-44-42-40-38-36-34-32-21-19-17-15-13-11-9-7-2/h8,10,14,16,20,22,24-25,51-52,56H,6-7,9,11-13,15,17-19,21,23,26-50H2,1-5H3,(H-,54,57,58,59)/p+1/b10-8-,16-14-,22-20-,25-24-. The minimum Gasteiger partial charge on any atom is -0.391 e. The van der Waals surface area contributed by atoms with Gasteiger partial charge in [0.15, 0.2) is 0 Å². The van der Waals surface area contributed by atoms with Crippen molar-refractivity contribution >= 4 is 13.7 Å². The first-order chi connectivity index (χ1) is 30.0. The summed E-state index contributed by atoms with van der Waals surface area (Å²) in [5.74, 6) is -0.147. The first kappa shape index (κ1) is 60.5. The molecule has 0 spiro atoms. The second-order valence-corrected chi connectivity index (χ2v) is 20.3. The third-order valence-corrected chi connectivity index (χ3v) is 12.6. The number of aliphatic hydroxyl groups excluding tert-OH is 1. The minimum absolute atomic E-state index is 0.0736. The first-order valence-corrected chi connectivity index (χ1v) is 27.5. The highest BCUT2D eigenvalue weighted by atomic mass is 31.2. The predicted molar refractivity (Wildman–Crippen MR) is 267 cm³/mol. The molecule has 0 rings (SSSR count). The maximum absolute atomic E-state index is 13.0. The molecule has 62 heavy (non-hydrogen) atoms. The van der Waals surface area contributed by atoms with Gasteiger partial charge in [-0.3, -0.25) is 13.8 Å². The van der Waals surface area contributed by atoms with E-state index in [0.29, 0.717) is 23.9 Å². The molecule has 364 valence electrons. The number of aliphatic hydroxyl groups is 1. The van der Waals surface area contributed by atoms with E-state index in [4.69, 9.17) is 9.05 Å². The van der Waals surface area contributed by atoms with Crippen molar-refractivity contribution in [3.05, 3.63) is 48.6 Å². The zero-order valence-electron chi connectivity index (χ0n) is 41.4. The highest BCUT2D eigenvalue weighted by Crippen LogP contribution is 2.43. The van der Waals surface area contributed by atoms with Crippen molar-refractivity contribution < 1.29 is 32.9 Å². The molecule has 0 aliphatic heterocycles. The van der Waals surface area contributed by atoms with Crippen molar-refractivity contribution in [1.82, 2.24) is 5.32 Å². The fraction of sp³-hybridized carbons (Fsp3) is 0.830. The number of phosphoric acid groups is 1. The third-order valence-electron chi connectivity index (χ3n) is 11.6. The number of unbranched alkanes of at least 4 members (excludes halogenated alkanes) is 26. The van der Waals surface area contributed by atoms with Gasteiger partial charge in [-0.05, 0) is 51.4 Å².